The molecular formula is C22H29N3O4S2. The van der Waals surface area contributed by atoms with Crippen LogP contribution in [0.2, 0.25) is 0 Å². The van der Waals surface area contributed by atoms with Crippen LogP contribution in [-0.2, 0) is 44.9 Å². The molecule has 3 rings (SSSR count). The third-order valence-electron chi connectivity index (χ3n) is 5.08. The third-order valence-corrected chi connectivity index (χ3v) is 7.63. The maximum atomic E-state index is 12.5. The lowest BCUT2D eigenvalue weighted by molar-refractivity contribution is -0.134. The van der Waals surface area contributed by atoms with Gasteiger partial charge in [-0.3, -0.25) is 9.59 Å². The average molecular weight is 464 g/mol. The molecule has 9 heteroatoms. The first-order chi connectivity index (χ1) is 14.7. The zero-order valence-corrected chi connectivity index (χ0v) is 19.5. The highest BCUT2D eigenvalue weighted by Crippen LogP contribution is 2.24. The van der Waals surface area contributed by atoms with Crippen molar-refractivity contribution in [2.24, 2.45) is 0 Å². The number of amides is 2. The summed E-state index contributed by atoms with van der Waals surface area (Å²) in [6.45, 7) is 5.08. The normalized spacial score (nSPS) is 13.8. The fourth-order valence-electron chi connectivity index (χ4n) is 3.60. The van der Waals surface area contributed by atoms with E-state index in [0.29, 0.717) is 18.7 Å². The molecule has 2 N–H and O–H groups in total. The van der Waals surface area contributed by atoms with Crippen molar-refractivity contribution in [1.29, 1.82) is 0 Å². The minimum atomic E-state index is -3.46. The smallest absolute Gasteiger partial charge is 0.223 e. The van der Waals surface area contributed by atoms with Gasteiger partial charge in [-0.2, -0.15) is 0 Å². The van der Waals surface area contributed by atoms with Crippen molar-refractivity contribution in [3.05, 3.63) is 57.3 Å². The van der Waals surface area contributed by atoms with Crippen molar-refractivity contribution < 1.29 is 18.0 Å². The number of hydrogen-bond acceptors (Lipinski definition) is 5. The molecule has 0 aliphatic carbocycles. The predicted molar refractivity (Wildman–Crippen MR) is 122 cm³/mol. The molecule has 1 aliphatic rings. The Morgan fingerprint density at radius 2 is 1.87 bits per heavy atom. The highest BCUT2D eigenvalue weighted by molar-refractivity contribution is 7.88. The van der Waals surface area contributed by atoms with Crippen LogP contribution in [0, 0.1) is 0 Å². The first-order valence-corrected chi connectivity index (χ1v) is 12.9. The van der Waals surface area contributed by atoms with E-state index in [0.717, 1.165) is 12.0 Å². The van der Waals surface area contributed by atoms with E-state index in [-0.39, 0.29) is 43.0 Å². The zero-order chi connectivity index (χ0) is 22.4. The molecule has 0 bridgehead atoms. The van der Waals surface area contributed by atoms with E-state index < -0.39 is 10.0 Å². The minimum Gasteiger partial charge on any atom is -0.352 e. The Morgan fingerprint density at radius 1 is 1.13 bits per heavy atom. The fourth-order valence-corrected chi connectivity index (χ4v) is 5.98. The van der Waals surface area contributed by atoms with Gasteiger partial charge < -0.3 is 10.2 Å². The zero-order valence-electron chi connectivity index (χ0n) is 17.9. The van der Waals surface area contributed by atoms with Gasteiger partial charge in [-0.1, -0.05) is 24.3 Å². The van der Waals surface area contributed by atoms with E-state index in [1.165, 1.54) is 10.4 Å². The summed E-state index contributed by atoms with van der Waals surface area (Å²) in [6, 6.07) is 9.02. The van der Waals surface area contributed by atoms with Crippen LogP contribution >= 0.6 is 11.3 Å². The second-order valence-corrected chi connectivity index (χ2v) is 10.8. The molecule has 0 saturated heterocycles. The number of fused-ring (bicyclic) bond motifs is 1. The maximum Gasteiger partial charge on any atom is 0.223 e. The summed E-state index contributed by atoms with van der Waals surface area (Å²) >= 11 is 1.73. The Bertz CT molecular complexity index is 1030. The molecule has 0 atom stereocenters. The summed E-state index contributed by atoms with van der Waals surface area (Å²) in [4.78, 5) is 27.9. The van der Waals surface area contributed by atoms with E-state index >= 15 is 0 Å². The van der Waals surface area contributed by atoms with Crippen molar-refractivity contribution in [3.8, 4) is 0 Å². The lowest BCUT2D eigenvalue weighted by Gasteiger charge is -2.27. The van der Waals surface area contributed by atoms with Gasteiger partial charge in [-0.15, -0.1) is 11.3 Å². The van der Waals surface area contributed by atoms with Gasteiger partial charge in [-0.25, -0.2) is 13.1 Å². The van der Waals surface area contributed by atoms with Gasteiger partial charge >= 0.3 is 0 Å². The molecule has 7 nitrogen and oxygen atoms in total. The minimum absolute atomic E-state index is 0.0155. The molecule has 0 unspecified atom stereocenters. The summed E-state index contributed by atoms with van der Waals surface area (Å²) in [5.74, 6) is -0.382. The first-order valence-electron chi connectivity index (χ1n) is 10.4. The van der Waals surface area contributed by atoms with Crippen molar-refractivity contribution in [2.45, 2.75) is 58.0 Å². The van der Waals surface area contributed by atoms with Gasteiger partial charge in [-0.05, 0) is 48.4 Å². The van der Waals surface area contributed by atoms with E-state index in [1.54, 1.807) is 43.4 Å². The van der Waals surface area contributed by atoms with Crippen LogP contribution in [0.1, 0.15) is 48.3 Å². The van der Waals surface area contributed by atoms with Gasteiger partial charge in [0.05, 0.1) is 5.75 Å². The predicted octanol–water partition coefficient (Wildman–Crippen LogP) is 2.56. The summed E-state index contributed by atoms with van der Waals surface area (Å²) in [6.07, 6.45) is 1.15. The molecule has 0 saturated carbocycles. The molecule has 1 aliphatic heterocycles. The third kappa shape index (κ3) is 6.88. The standard InChI is InChI=1S/C22H29N3O4S2/c1-16(2)24-31(28,29)15-19-6-4-3-5-17(19)13-23-21(26)7-8-22(27)25-11-9-20-18(14-25)10-12-30-20/h3-6,10,12,16,24H,7-9,11,13-15H2,1-2H3,(H,23,26). The molecule has 2 heterocycles. The number of thiophene rings is 1. The van der Waals surface area contributed by atoms with Crippen molar-refractivity contribution in [3.63, 3.8) is 0 Å². The number of hydrogen-bond donors (Lipinski definition) is 2. The quantitative estimate of drug-likeness (QED) is 0.597. The number of carbonyl (C=O) groups is 2. The van der Waals surface area contributed by atoms with E-state index in [9.17, 15) is 18.0 Å². The fraction of sp³-hybridized carbons (Fsp3) is 0.455. The maximum absolute atomic E-state index is 12.5. The topological polar surface area (TPSA) is 95.6 Å². The van der Waals surface area contributed by atoms with Crippen LogP contribution in [0.4, 0.5) is 0 Å². The summed E-state index contributed by atoms with van der Waals surface area (Å²) < 4.78 is 27.1. The Hall–Kier alpha value is -2.23. The van der Waals surface area contributed by atoms with Gasteiger partial charge in [0.25, 0.3) is 0 Å². The van der Waals surface area contributed by atoms with Crippen LogP contribution in [0.5, 0.6) is 0 Å². The Kier molecular flexibility index (Phi) is 7.85. The van der Waals surface area contributed by atoms with Crippen LogP contribution in [0.15, 0.2) is 35.7 Å². The van der Waals surface area contributed by atoms with Crippen molar-refractivity contribution in [1.82, 2.24) is 14.9 Å². The number of rotatable bonds is 9. The lowest BCUT2D eigenvalue weighted by atomic mass is 10.1. The number of nitrogens with zero attached hydrogens (tertiary/aromatic N) is 1. The van der Waals surface area contributed by atoms with Crippen LogP contribution in [-0.4, -0.2) is 37.7 Å². The van der Waals surface area contributed by atoms with E-state index in [4.69, 9.17) is 0 Å². The van der Waals surface area contributed by atoms with Crippen LogP contribution in [0.25, 0.3) is 0 Å². The number of carbonyl (C=O) groups excluding carboxylic acids is 2. The highest BCUT2D eigenvalue weighted by atomic mass is 32.2. The second kappa shape index (κ2) is 10.4. The van der Waals surface area contributed by atoms with Crippen molar-refractivity contribution in [2.75, 3.05) is 6.54 Å². The Balaban J connectivity index is 1.48. The molecule has 0 spiro atoms. The van der Waals surface area contributed by atoms with Gasteiger partial charge in [0.1, 0.15) is 0 Å². The molecule has 1 aromatic heterocycles. The molecule has 1 aromatic carbocycles. The van der Waals surface area contributed by atoms with Crippen molar-refractivity contribution >= 4 is 33.2 Å². The van der Waals surface area contributed by atoms with Crippen LogP contribution in [0.3, 0.4) is 0 Å². The van der Waals surface area contributed by atoms with Gasteiger partial charge in [0.2, 0.25) is 21.8 Å². The largest absolute Gasteiger partial charge is 0.352 e. The number of sulfonamides is 1. The first kappa shape index (κ1) is 23.4. The monoisotopic (exact) mass is 463 g/mol. The average Bonchev–Trinajstić information content (AvgIpc) is 3.18. The van der Waals surface area contributed by atoms with Crippen LogP contribution < -0.4 is 10.0 Å². The molecule has 0 fully saturated rings. The molecule has 0 radical (unpaired) electrons. The molecule has 2 amide bonds. The SMILES string of the molecule is CC(C)NS(=O)(=O)Cc1ccccc1CNC(=O)CCC(=O)N1CCc2sccc2C1. The summed E-state index contributed by atoms with van der Waals surface area (Å²) in [5, 5.41) is 4.86. The molecule has 31 heavy (non-hydrogen) atoms. The molecule has 2 aromatic rings. The summed E-state index contributed by atoms with van der Waals surface area (Å²) in [7, 11) is -3.46. The van der Waals surface area contributed by atoms with E-state index in [1.807, 2.05) is 16.3 Å². The molecule has 168 valence electrons. The molecular weight excluding hydrogens is 434 g/mol. The summed E-state index contributed by atoms with van der Waals surface area (Å²) in [5.41, 5.74) is 2.59. The number of nitrogens with one attached hydrogen (secondary N) is 2. The van der Waals surface area contributed by atoms with Gasteiger partial charge in [0, 0.05) is 43.4 Å². The second-order valence-electron chi connectivity index (χ2n) is 8.01. The van der Waals surface area contributed by atoms with E-state index in [2.05, 4.69) is 16.1 Å². The number of benzene rings is 1. The highest BCUT2D eigenvalue weighted by Gasteiger charge is 2.22. The Morgan fingerprint density at radius 3 is 2.61 bits per heavy atom. The lowest BCUT2D eigenvalue weighted by Crippen LogP contribution is -2.36. The Labute approximate surface area is 187 Å². The van der Waals surface area contributed by atoms with Gasteiger partial charge in [0.15, 0.2) is 0 Å².